The highest BCUT2D eigenvalue weighted by atomic mass is 79.9. The van der Waals surface area contributed by atoms with Gasteiger partial charge in [-0.25, -0.2) is 9.69 Å². The van der Waals surface area contributed by atoms with Crippen molar-refractivity contribution < 1.29 is 19.1 Å². The zero-order valence-electron chi connectivity index (χ0n) is 18.4. The summed E-state index contributed by atoms with van der Waals surface area (Å²) >= 11 is 3.49. The molecule has 0 aromatic heterocycles. The number of imide groups is 1. The van der Waals surface area contributed by atoms with Crippen molar-refractivity contribution in [3.05, 3.63) is 106 Å². The second-order valence-corrected chi connectivity index (χ2v) is 9.10. The largest absolute Gasteiger partial charge is 0.447 e. The zero-order valence-corrected chi connectivity index (χ0v) is 20.0. The van der Waals surface area contributed by atoms with E-state index in [-0.39, 0.29) is 25.2 Å². The molecule has 2 amide bonds. The molecule has 5 nitrogen and oxygen atoms in total. The lowest BCUT2D eigenvalue weighted by molar-refractivity contribution is -0.132. The first-order valence-electron chi connectivity index (χ1n) is 10.9. The van der Waals surface area contributed by atoms with E-state index in [9.17, 15) is 9.59 Å². The lowest BCUT2D eigenvalue weighted by atomic mass is 9.93. The fourth-order valence-electron chi connectivity index (χ4n) is 4.13. The second-order valence-electron chi connectivity index (χ2n) is 8.18. The Bertz CT molecular complexity index is 1100. The van der Waals surface area contributed by atoms with Gasteiger partial charge in [0, 0.05) is 4.47 Å². The third kappa shape index (κ3) is 5.70. The van der Waals surface area contributed by atoms with Crippen molar-refractivity contribution in [2.45, 2.75) is 31.9 Å². The van der Waals surface area contributed by atoms with E-state index >= 15 is 0 Å². The molecule has 1 aliphatic rings. The van der Waals surface area contributed by atoms with Gasteiger partial charge in [-0.05, 0) is 47.7 Å². The first-order chi connectivity index (χ1) is 16.0. The van der Waals surface area contributed by atoms with Crippen molar-refractivity contribution >= 4 is 27.9 Å². The predicted molar refractivity (Wildman–Crippen MR) is 130 cm³/mol. The van der Waals surface area contributed by atoms with Crippen LogP contribution < -0.4 is 0 Å². The highest BCUT2D eigenvalue weighted by molar-refractivity contribution is 9.10. The van der Waals surface area contributed by atoms with Crippen LogP contribution in [0.1, 0.15) is 28.2 Å². The molecule has 1 aliphatic heterocycles. The second kappa shape index (κ2) is 10.8. The maximum atomic E-state index is 13.8. The van der Waals surface area contributed by atoms with Crippen LogP contribution in [-0.2, 0) is 27.3 Å². The Hall–Kier alpha value is -2.96. The number of halogens is 1. The van der Waals surface area contributed by atoms with Crippen molar-refractivity contribution in [2.24, 2.45) is 0 Å². The first kappa shape index (κ1) is 23.2. The van der Waals surface area contributed by atoms with E-state index in [0.29, 0.717) is 13.0 Å². The van der Waals surface area contributed by atoms with Crippen molar-refractivity contribution in [1.29, 1.82) is 0 Å². The number of aryl methyl sites for hydroxylation is 1. The van der Waals surface area contributed by atoms with Gasteiger partial charge in [0.05, 0.1) is 25.2 Å². The van der Waals surface area contributed by atoms with Crippen LogP contribution in [0.25, 0.3) is 0 Å². The summed E-state index contributed by atoms with van der Waals surface area (Å²) in [5.74, 6) is -0.914. The standard InChI is InChI=1S/C27H26BrNO4/c1-19-14-22(28)12-13-24(19)25(18-32-16-21-10-6-3-7-11-21)26(30)29-23(17-33-27(29)31)15-20-8-4-2-5-9-20/h2-14,23,25H,15-18H2,1H3/t23-,25-/m1/s1. The number of amides is 2. The third-order valence-electron chi connectivity index (χ3n) is 5.81. The molecule has 2 atom stereocenters. The smallest absolute Gasteiger partial charge is 0.417 e. The van der Waals surface area contributed by atoms with Crippen LogP contribution in [0, 0.1) is 6.92 Å². The van der Waals surface area contributed by atoms with Gasteiger partial charge in [0.25, 0.3) is 0 Å². The van der Waals surface area contributed by atoms with Gasteiger partial charge in [0.2, 0.25) is 5.91 Å². The molecule has 0 N–H and O–H groups in total. The average Bonchev–Trinajstić information content (AvgIpc) is 3.18. The zero-order chi connectivity index (χ0) is 23.2. The van der Waals surface area contributed by atoms with Crippen molar-refractivity contribution in [3.63, 3.8) is 0 Å². The average molecular weight is 508 g/mol. The minimum Gasteiger partial charge on any atom is -0.447 e. The summed E-state index contributed by atoms with van der Waals surface area (Å²) in [6.45, 7) is 2.70. The number of hydrogen-bond donors (Lipinski definition) is 0. The molecule has 0 bridgehead atoms. The predicted octanol–water partition coefficient (Wildman–Crippen LogP) is 5.65. The molecular weight excluding hydrogens is 482 g/mol. The molecule has 4 rings (SSSR count). The Morgan fingerprint density at radius 3 is 2.39 bits per heavy atom. The lowest BCUT2D eigenvalue weighted by Crippen LogP contribution is -2.44. The number of carbonyl (C=O) groups excluding carboxylic acids is 2. The van der Waals surface area contributed by atoms with Crippen LogP contribution in [0.3, 0.4) is 0 Å². The Morgan fingerprint density at radius 1 is 1.06 bits per heavy atom. The van der Waals surface area contributed by atoms with Crippen LogP contribution in [0.4, 0.5) is 4.79 Å². The molecule has 0 aliphatic carbocycles. The minimum absolute atomic E-state index is 0.165. The summed E-state index contributed by atoms with van der Waals surface area (Å²) < 4.78 is 12.2. The molecule has 3 aromatic carbocycles. The number of benzene rings is 3. The van der Waals surface area contributed by atoms with E-state index in [1.807, 2.05) is 85.8 Å². The fraction of sp³-hybridized carbons (Fsp3) is 0.259. The van der Waals surface area contributed by atoms with Crippen molar-refractivity contribution in [1.82, 2.24) is 4.90 Å². The molecule has 1 fully saturated rings. The van der Waals surface area contributed by atoms with Gasteiger partial charge < -0.3 is 9.47 Å². The Labute approximate surface area is 202 Å². The van der Waals surface area contributed by atoms with Crippen LogP contribution in [0.15, 0.2) is 83.3 Å². The SMILES string of the molecule is Cc1cc(Br)ccc1[C@@H](COCc1ccccc1)C(=O)N1C(=O)OC[C@H]1Cc1ccccc1. The van der Waals surface area contributed by atoms with Gasteiger partial charge in [-0.15, -0.1) is 0 Å². The molecule has 0 spiro atoms. The lowest BCUT2D eigenvalue weighted by Gasteiger charge is -2.26. The van der Waals surface area contributed by atoms with Gasteiger partial charge in [-0.1, -0.05) is 82.7 Å². The molecule has 0 radical (unpaired) electrons. The number of carbonyl (C=O) groups is 2. The van der Waals surface area contributed by atoms with Crippen molar-refractivity contribution in [3.8, 4) is 0 Å². The van der Waals surface area contributed by atoms with Gasteiger partial charge in [-0.3, -0.25) is 4.79 Å². The third-order valence-corrected chi connectivity index (χ3v) is 6.31. The summed E-state index contributed by atoms with van der Waals surface area (Å²) in [7, 11) is 0. The summed E-state index contributed by atoms with van der Waals surface area (Å²) in [6.07, 6.45) is -0.0429. The summed E-state index contributed by atoms with van der Waals surface area (Å²) in [4.78, 5) is 27.7. The number of hydrogen-bond acceptors (Lipinski definition) is 4. The Morgan fingerprint density at radius 2 is 1.73 bits per heavy atom. The molecule has 1 saturated heterocycles. The number of rotatable bonds is 8. The van der Waals surface area contributed by atoms with Crippen LogP contribution in [0.5, 0.6) is 0 Å². The van der Waals surface area contributed by atoms with Crippen LogP contribution in [-0.4, -0.2) is 36.2 Å². The molecule has 0 unspecified atom stereocenters. The van der Waals surface area contributed by atoms with E-state index in [1.165, 1.54) is 4.90 Å². The molecule has 1 heterocycles. The fourth-order valence-corrected chi connectivity index (χ4v) is 4.60. The van der Waals surface area contributed by atoms with E-state index in [1.54, 1.807) is 0 Å². The molecule has 170 valence electrons. The van der Waals surface area contributed by atoms with Gasteiger partial charge >= 0.3 is 6.09 Å². The van der Waals surface area contributed by atoms with E-state index in [2.05, 4.69) is 15.9 Å². The van der Waals surface area contributed by atoms with Crippen LogP contribution in [0.2, 0.25) is 0 Å². The highest BCUT2D eigenvalue weighted by Gasteiger charge is 2.41. The van der Waals surface area contributed by atoms with Crippen molar-refractivity contribution in [2.75, 3.05) is 13.2 Å². The molecular formula is C27H26BrNO4. The molecule has 3 aromatic rings. The maximum Gasteiger partial charge on any atom is 0.417 e. The van der Waals surface area contributed by atoms with Gasteiger partial charge in [0.15, 0.2) is 0 Å². The summed E-state index contributed by atoms with van der Waals surface area (Å²) in [5.41, 5.74) is 3.88. The van der Waals surface area contributed by atoms with E-state index < -0.39 is 12.0 Å². The quantitative estimate of drug-likeness (QED) is 0.395. The highest BCUT2D eigenvalue weighted by Crippen LogP contribution is 2.29. The van der Waals surface area contributed by atoms with E-state index in [4.69, 9.17) is 9.47 Å². The molecule has 6 heteroatoms. The normalized spacial score (nSPS) is 16.5. The number of nitrogens with zero attached hydrogens (tertiary/aromatic N) is 1. The van der Waals surface area contributed by atoms with Crippen LogP contribution >= 0.6 is 15.9 Å². The minimum atomic E-state index is -0.620. The molecule has 33 heavy (non-hydrogen) atoms. The van der Waals surface area contributed by atoms with E-state index in [0.717, 1.165) is 26.7 Å². The summed E-state index contributed by atoms with van der Waals surface area (Å²) in [5, 5.41) is 0. The summed E-state index contributed by atoms with van der Waals surface area (Å²) in [6, 6.07) is 25.1. The van der Waals surface area contributed by atoms with Gasteiger partial charge in [0.1, 0.15) is 6.61 Å². The first-order valence-corrected chi connectivity index (χ1v) is 11.7. The Balaban J connectivity index is 1.57. The topological polar surface area (TPSA) is 55.8 Å². The molecule has 0 saturated carbocycles. The van der Waals surface area contributed by atoms with Gasteiger partial charge in [-0.2, -0.15) is 0 Å². The maximum absolute atomic E-state index is 13.8. The number of cyclic esters (lactones) is 1. The Kier molecular flexibility index (Phi) is 7.57. The monoisotopic (exact) mass is 507 g/mol. The number of ether oxygens (including phenoxy) is 2.